The molecule has 0 saturated heterocycles. The molecule has 0 N–H and O–H groups in total. The fourth-order valence-corrected chi connectivity index (χ4v) is 4.51. The van der Waals surface area contributed by atoms with Crippen LogP contribution in [0.5, 0.6) is 0 Å². The van der Waals surface area contributed by atoms with E-state index in [0.717, 1.165) is 30.4 Å². The van der Waals surface area contributed by atoms with Crippen molar-refractivity contribution in [3.05, 3.63) is 89.5 Å². The van der Waals surface area contributed by atoms with Crippen molar-refractivity contribution in [2.24, 2.45) is 17.3 Å². The number of hydrogen-bond donors (Lipinski definition) is 0. The van der Waals surface area contributed by atoms with Gasteiger partial charge in [-0.1, -0.05) is 79.7 Å². The Morgan fingerprint density at radius 1 is 1.04 bits per heavy atom. The number of rotatable bonds is 4. The average Bonchev–Trinajstić information content (AvgIpc) is 2.76. The molecule has 4 rings (SSSR count). The zero-order chi connectivity index (χ0) is 19.7. The zero-order valence-electron chi connectivity index (χ0n) is 16.5. The first kappa shape index (κ1) is 18.6. The van der Waals surface area contributed by atoms with E-state index in [1.54, 1.807) is 0 Å². The fourth-order valence-electron chi connectivity index (χ4n) is 4.51. The summed E-state index contributed by atoms with van der Waals surface area (Å²) in [5.74, 6) is -0.0614. The summed E-state index contributed by atoms with van der Waals surface area (Å²) in [6.07, 6.45) is 9.97. The number of allylic oxidation sites excluding steroid dienone is 4. The second-order valence-corrected chi connectivity index (χ2v) is 8.17. The van der Waals surface area contributed by atoms with Crippen molar-refractivity contribution in [3.8, 4) is 0 Å². The molecule has 28 heavy (non-hydrogen) atoms. The van der Waals surface area contributed by atoms with Crippen molar-refractivity contribution in [2.45, 2.75) is 33.1 Å². The van der Waals surface area contributed by atoms with Gasteiger partial charge in [0.1, 0.15) is 0 Å². The van der Waals surface area contributed by atoms with Crippen LogP contribution in [-0.2, 0) is 0 Å². The molecule has 2 aliphatic rings. The third-order valence-electron chi connectivity index (χ3n) is 6.43. The molecule has 2 aliphatic carbocycles. The van der Waals surface area contributed by atoms with Gasteiger partial charge < -0.3 is 0 Å². The molecule has 142 valence electrons. The summed E-state index contributed by atoms with van der Waals surface area (Å²) in [5.41, 5.74) is 2.79. The van der Waals surface area contributed by atoms with Gasteiger partial charge in [-0.05, 0) is 37.3 Å². The minimum absolute atomic E-state index is 0.0191. The van der Waals surface area contributed by atoms with Gasteiger partial charge in [-0.2, -0.15) is 0 Å². The molecule has 0 saturated carbocycles. The summed E-state index contributed by atoms with van der Waals surface area (Å²) in [6.45, 7) is 3.83. The van der Waals surface area contributed by atoms with Crippen molar-refractivity contribution in [1.82, 2.24) is 0 Å². The van der Waals surface area contributed by atoms with E-state index in [-0.39, 0.29) is 11.6 Å². The van der Waals surface area contributed by atoms with Gasteiger partial charge in [-0.3, -0.25) is 9.59 Å². The third-order valence-corrected chi connectivity index (χ3v) is 6.43. The fraction of sp³-hybridized carbons (Fsp3) is 0.308. The minimum atomic E-state index is -0.845. The minimum Gasteiger partial charge on any atom is -0.294 e. The molecule has 0 bridgehead atoms. The maximum atomic E-state index is 13.5. The van der Waals surface area contributed by atoms with Crippen molar-refractivity contribution in [2.75, 3.05) is 0 Å². The molecule has 2 heteroatoms. The summed E-state index contributed by atoms with van der Waals surface area (Å²) < 4.78 is 0. The third kappa shape index (κ3) is 3.07. The Hall–Kier alpha value is -2.74. The van der Waals surface area contributed by atoms with E-state index in [1.807, 2.05) is 68.4 Å². The first-order chi connectivity index (χ1) is 13.5. The van der Waals surface area contributed by atoms with Crippen molar-refractivity contribution in [1.29, 1.82) is 0 Å². The lowest BCUT2D eigenvalue weighted by Crippen LogP contribution is -2.40. The molecule has 2 unspecified atom stereocenters. The zero-order valence-corrected chi connectivity index (χ0v) is 16.5. The molecule has 0 radical (unpaired) electrons. The van der Waals surface area contributed by atoms with E-state index >= 15 is 0 Å². The second kappa shape index (κ2) is 7.35. The van der Waals surface area contributed by atoms with Crippen LogP contribution in [0.4, 0.5) is 0 Å². The highest BCUT2D eigenvalue weighted by atomic mass is 16.1. The van der Waals surface area contributed by atoms with Crippen LogP contribution in [0.3, 0.4) is 0 Å². The van der Waals surface area contributed by atoms with Crippen LogP contribution >= 0.6 is 0 Å². The first-order valence-electron chi connectivity index (χ1n) is 10.2. The highest BCUT2D eigenvalue weighted by molar-refractivity contribution is 6.12. The van der Waals surface area contributed by atoms with Crippen LogP contribution in [0.1, 0.15) is 59.4 Å². The number of Topliss-reactive ketones (excluding diaryl/α,β-unsaturated/α-hetero) is 2. The van der Waals surface area contributed by atoms with Gasteiger partial charge in [-0.25, -0.2) is 0 Å². The SMILES string of the molecule is CC(C(=O)c1ccccc1)[C@]1(C)C=C(C2C=CCCC2)c2ccccc2C1=O. The van der Waals surface area contributed by atoms with Crippen LogP contribution in [0, 0.1) is 17.3 Å². The Morgan fingerprint density at radius 2 is 1.71 bits per heavy atom. The lowest BCUT2D eigenvalue weighted by atomic mass is 9.63. The summed E-state index contributed by atoms with van der Waals surface area (Å²) >= 11 is 0. The Labute approximate surface area is 167 Å². The topological polar surface area (TPSA) is 34.1 Å². The van der Waals surface area contributed by atoms with Gasteiger partial charge in [0.05, 0.1) is 5.41 Å². The molecular formula is C26H26O2. The number of ketones is 2. The maximum absolute atomic E-state index is 13.5. The average molecular weight is 370 g/mol. The first-order valence-corrected chi connectivity index (χ1v) is 10.2. The number of carbonyl (C=O) groups is 2. The predicted molar refractivity (Wildman–Crippen MR) is 113 cm³/mol. The van der Waals surface area contributed by atoms with E-state index < -0.39 is 11.3 Å². The highest BCUT2D eigenvalue weighted by Gasteiger charge is 2.45. The molecule has 2 nitrogen and oxygen atoms in total. The smallest absolute Gasteiger partial charge is 0.173 e. The quantitative estimate of drug-likeness (QED) is 0.478. The van der Waals surface area contributed by atoms with Crippen molar-refractivity contribution >= 4 is 17.1 Å². The number of benzene rings is 2. The molecule has 2 aromatic carbocycles. The number of fused-ring (bicyclic) bond motifs is 1. The van der Waals surface area contributed by atoms with Crippen LogP contribution < -0.4 is 0 Å². The van der Waals surface area contributed by atoms with Crippen LogP contribution in [-0.4, -0.2) is 11.6 Å². The van der Waals surface area contributed by atoms with Gasteiger partial charge in [0.2, 0.25) is 0 Å². The molecule has 3 atom stereocenters. The molecule has 0 spiro atoms. The van der Waals surface area contributed by atoms with E-state index in [0.29, 0.717) is 11.5 Å². The monoisotopic (exact) mass is 370 g/mol. The van der Waals surface area contributed by atoms with Crippen molar-refractivity contribution < 1.29 is 9.59 Å². The largest absolute Gasteiger partial charge is 0.294 e. The van der Waals surface area contributed by atoms with Crippen LogP contribution in [0.15, 0.2) is 72.8 Å². The molecule has 0 aromatic heterocycles. The molecule has 2 aromatic rings. The predicted octanol–water partition coefficient (Wildman–Crippen LogP) is 6.15. The Morgan fingerprint density at radius 3 is 2.39 bits per heavy atom. The lowest BCUT2D eigenvalue weighted by Gasteiger charge is -2.37. The molecule has 0 amide bonds. The molecule has 0 fully saturated rings. The maximum Gasteiger partial charge on any atom is 0.173 e. The molecule has 0 aliphatic heterocycles. The van der Waals surface area contributed by atoms with Gasteiger partial charge in [0.25, 0.3) is 0 Å². The Kier molecular flexibility index (Phi) is 4.89. The Bertz CT molecular complexity index is 967. The second-order valence-electron chi connectivity index (χ2n) is 8.17. The van der Waals surface area contributed by atoms with E-state index in [4.69, 9.17) is 0 Å². The summed E-state index contributed by atoms with van der Waals surface area (Å²) in [7, 11) is 0. The highest BCUT2D eigenvalue weighted by Crippen LogP contribution is 2.46. The summed E-state index contributed by atoms with van der Waals surface area (Å²) in [4.78, 5) is 26.7. The Balaban J connectivity index is 1.81. The van der Waals surface area contributed by atoms with Gasteiger partial charge >= 0.3 is 0 Å². The standard InChI is InChI=1S/C26H26O2/c1-18(24(27)20-13-7-4-8-14-20)26(2)17-23(19-11-5-3-6-12-19)21-15-9-10-16-22(21)25(26)28/h4-5,7-11,13-19H,3,6,12H2,1-2H3/t18?,19?,26-/m0/s1. The van der Waals surface area contributed by atoms with Gasteiger partial charge in [-0.15, -0.1) is 0 Å². The van der Waals surface area contributed by atoms with Crippen LogP contribution in [0.25, 0.3) is 5.57 Å². The summed E-state index contributed by atoms with van der Waals surface area (Å²) in [5, 5.41) is 0. The van der Waals surface area contributed by atoms with Crippen molar-refractivity contribution in [3.63, 3.8) is 0 Å². The number of carbonyl (C=O) groups excluding carboxylic acids is 2. The normalized spacial score (nSPS) is 25.0. The molecule has 0 heterocycles. The van der Waals surface area contributed by atoms with Gasteiger partial charge in [0, 0.05) is 23.0 Å². The van der Waals surface area contributed by atoms with E-state index in [2.05, 4.69) is 18.2 Å². The van der Waals surface area contributed by atoms with Crippen LogP contribution in [0.2, 0.25) is 0 Å². The van der Waals surface area contributed by atoms with Gasteiger partial charge in [0.15, 0.2) is 11.6 Å². The lowest BCUT2D eigenvalue weighted by molar-refractivity contribution is 0.0707. The van der Waals surface area contributed by atoms with E-state index in [9.17, 15) is 9.59 Å². The van der Waals surface area contributed by atoms with E-state index in [1.165, 1.54) is 5.57 Å². The molecular weight excluding hydrogens is 344 g/mol. The summed E-state index contributed by atoms with van der Waals surface area (Å²) in [6, 6.07) is 17.2. The number of hydrogen-bond acceptors (Lipinski definition) is 2.